The summed E-state index contributed by atoms with van der Waals surface area (Å²) in [5, 5.41) is 9.46. The van der Waals surface area contributed by atoms with E-state index >= 15 is 0 Å². The summed E-state index contributed by atoms with van der Waals surface area (Å²) in [5.74, 6) is -1.82. The first-order valence-electron chi connectivity index (χ1n) is 10.9. The lowest BCUT2D eigenvalue weighted by Gasteiger charge is -2.29. The Hall–Kier alpha value is -3.86. The Kier molecular flexibility index (Phi) is 6.79. The quantitative estimate of drug-likeness (QED) is 0.425. The van der Waals surface area contributed by atoms with Gasteiger partial charge in [-0.25, -0.2) is 9.37 Å². The molecule has 182 valence electrons. The van der Waals surface area contributed by atoms with Gasteiger partial charge in [-0.3, -0.25) is 14.4 Å². The molecule has 1 atom stereocenters. The molecule has 0 saturated heterocycles. The highest BCUT2D eigenvalue weighted by Crippen LogP contribution is 2.34. The molecule has 0 aliphatic heterocycles. The van der Waals surface area contributed by atoms with E-state index in [1.54, 1.807) is 0 Å². The molecule has 1 aliphatic rings. The van der Waals surface area contributed by atoms with Crippen LogP contribution in [0.2, 0.25) is 5.02 Å². The van der Waals surface area contributed by atoms with Crippen LogP contribution in [0, 0.1) is 11.2 Å². The zero-order valence-electron chi connectivity index (χ0n) is 18.8. The lowest BCUT2D eigenvalue weighted by molar-refractivity contribution is -0.127. The fourth-order valence-electron chi connectivity index (χ4n) is 3.69. The first kappa shape index (κ1) is 24.3. The number of halogens is 2. The van der Waals surface area contributed by atoms with Crippen LogP contribution in [0.5, 0.6) is 0 Å². The van der Waals surface area contributed by atoms with Crippen LogP contribution in [0.3, 0.4) is 0 Å². The van der Waals surface area contributed by atoms with Crippen molar-refractivity contribution in [3.63, 3.8) is 0 Å². The number of fused-ring (bicyclic) bond motifs is 1. The van der Waals surface area contributed by atoms with Gasteiger partial charge in [0.15, 0.2) is 0 Å². The zero-order valence-corrected chi connectivity index (χ0v) is 19.6. The lowest BCUT2D eigenvalue weighted by Crippen LogP contribution is -2.36. The van der Waals surface area contributed by atoms with Crippen molar-refractivity contribution in [2.45, 2.75) is 32.7 Å². The van der Waals surface area contributed by atoms with Crippen LogP contribution in [-0.4, -0.2) is 43.8 Å². The first-order valence-corrected chi connectivity index (χ1v) is 11.2. The van der Waals surface area contributed by atoms with Crippen LogP contribution < -0.4 is 16.4 Å². The van der Waals surface area contributed by atoms with Crippen molar-refractivity contribution in [1.29, 1.82) is 0 Å². The molecule has 1 unspecified atom stereocenters. The smallest absolute Gasteiger partial charge is 0.270 e. The molecule has 3 aromatic rings. The van der Waals surface area contributed by atoms with Crippen LogP contribution >= 0.6 is 11.6 Å². The molecule has 0 saturated carbocycles. The molecule has 0 radical (unpaired) electrons. The van der Waals surface area contributed by atoms with Gasteiger partial charge in [0.2, 0.25) is 5.91 Å². The highest BCUT2D eigenvalue weighted by Gasteiger charge is 2.32. The summed E-state index contributed by atoms with van der Waals surface area (Å²) in [6, 6.07) is 5.45. The van der Waals surface area contributed by atoms with Gasteiger partial charge in [-0.15, -0.1) is 0 Å². The summed E-state index contributed by atoms with van der Waals surface area (Å²) < 4.78 is 14.6. The number of allylic oxidation sites excluding steroid dienone is 1. The number of nitrogens with zero attached hydrogens (tertiary/aromatic N) is 4. The van der Waals surface area contributed by atoms with Gasteiger partial charge in [0.1, 0.15) is 23.5 Å². The number of rotatable bonds is 7. The summed E-state index contributed by atoms with van der Waals surface area (Å²) in [6.07, 6.45) is 4.91. The van der Waals surface area contributed by atoms with Gasteiger partial charge < -0.3 is 16.4 Å². The summed E-state index contributed by atoms with van der Waals surface area (Å²) in [5.41, 5.74) is 6.54. The van der Waals surface area contributed by atoms with E-state index in [2.05, 4.69) is 25.7 Å². The van der Waals surface area contributed by atoms with Crippen molar-refractivity contribution in [1.82, 2.24) is 30.2 Å². The summed E-state index contributed by atoms with van der Waals surface area (Å²) in [4.78, 5) is 45.4. The fraction of sp³-hybridized carbons (Fsp3) is 0.304. The highest BCUT2D eigenvalue weighted by molar-refractivity contribution is 6.30. The van der Waals surface area contributed by atoms with E-state index in [-0.39, 0.29) is 41.2 Å². The van der Waals surface area contributed by atoms with Crippen LogP contribution in [0.1, 0.15) is 52.7 Å². The number of aromatic nitrogens is 4. The van der Waals surface area contributed by atoms with E-state index in [4.69, 9.17) is 17.3 Å². The highest BCUT2D eigenvalue weighted by atomic mass is 35.5. The Balaban J connectivity index is 1.46. The molecular weight excluding hydrogens is 477 g/mol. The average Bonchev–Trinajstić information content (AvgIpc) is 3.32. The van der Waals surface area contributed by atoms with E-state index in [1.165, 1.54) is 35.1 Å². The van der Waals surface area contributed by atoms with Gasteiger partial charge in [-0.05, 0) is 37.0 Å². The van der Waals surface area contributed by atoms with Crippen molar-refractivity contribution < 1.29 is 18.8 Å². The number of nitrogens with one attached hydrogen (secondary N) is 2. The van der Waals surface area contributed by atoms with Crippen molar-refractivity contribution in [3.8, 4) is 0 Å². The molecule has 35 heavy (non-hydrogen) atoms. The number of carbonyl (C=O) groups is 3. The summed E-state index contributed by atoms with van der Waals surface area (Å²) in [6.45, 7) is 2.19. The van der Waals surface area contributed by atoms with E-state index in [0.717, 1.165) is 5.57 Å². The van der Waals surface area contributed by atoms with Crippen molar-refractivity contribution >= 4 is 35.1 Å². The van der Waals surface area contributed by atoms with Gasteiger partial charge in [-0.2, -0.15) is 14.6 Å². The fourth-order valence-corrected chi connectivity index (χ4v) is 3.89. The number of hydrogen-bond acceptors (Lipinski definition) is 6. The lowest BCUT2D eigenvalue weighted by atomic mass is 9.76. The molecule has 0 bridgehead atoms. The van der Waals surface area contributed by atoms with E-state index in [1.807, 2.05) is 13.0 Å². The van der Waals surface area contributed by atoms with Gasteiger partial charge in [0, 0.05) is 24.6 Å². The standard InChI is InChI=1S/C23H23ClFN7O3/c1-23(21(26)35)6-4-13(5-7-23)10-28-20(34)18-9-17(31-22-29-12-30-32(18)22)19(33)27-11-14-2-3-16(25)15(24)8-14/h2-4,8-9,12H,5-7,10-11H2,1H3,(H2,26,35)(H,27,33)(H,28,34). The molecule has 4 N–H and O–H groups in total. The molecule has 4 rings (SSSR count). The Morgan fingerprint density at radius 1 is 1.20 bits per heavy atom. The average molecular weight is 500 g/mol. The third-order valence-corrected chi connectivity index (χ3v) is 6.35. The number of hydrogen-bond donors (Lipinski definition) is 3. The molecule has 0 fully saturated rings. The van der Waals surface area contributed by atoms with Gasteiger partial charge >= 0.3 is 0 Å². The predicted molar refractivity (Wildman–Crippen MR) is 125 cm³/mol. The van der Waals surface area contributed by atoms with Gasteiger partial charge in [0.25, 0.3) is 17.6 Å². The van der Waals surface area contributed by atoms with E-state index in [9.17, 15) is 18.8 Å². The minimum atomic E-state index is -0.576. The normalized spacial score (nSPS) is 17.6. The van der Waals surface area contributed by atoms with Crippen molar-refractivity contribution in [2.24, 2.45) is 11.1 Å². The molecule has 2 heterocycles. The maximum absolute atomic E-state index is 13.3. The number of amides is 3. The Morgan fingerprint density at radius 3 is 2.66 bits per heavy atom. The summed E-state index contributed by atoms with van der Waals surface area (Å²) >= 11 is 5.78. The van der Waals surface area contributed by atoms with Gasteiger partial charge in [-0.1, -0.05) is 36.2 Å². The van der Waals surface area contributed by atoms with Crippen LogP contribution in [0.15, 0.2) is 42.2 Å². The monoisotopic (exact) mass is 499 g/mol. The maximum Gasteiger partial charge on any atom is 0.270 e. The molecule has 10 nitrogen and oxygen atoms in total. The molecule has 12 heteroatoms. The number of carbonyl (C=O) groups excluding carboxylic acids is 3. The Morgan fingerprint density at radius 2 is 1.97 bits per heavy atom. The Bertz CT molecular complexity index is 1360. The molecule has 1 aromatic carbocycles. The maximum atomic E-state index is 13.3. The van der Waals surface area contributed by atoms with Crippen LogP contribution in [-0.2, 0) is 11.3 Å². The zero-order chi connectivity index (χ0) is 25.2. The molecule has 1 aliphatic carbocycles. The number of primary amides is 1. The number of nitrogens with two attached hydrogens (primary N) is 1. The minimum Gasteiger partial charge on any atom is -0.369 e. The minimum absolute atomic E-state index is 0.0297. The van der Waals surface area contributed by atoms with Crippen molar-refractivity contribution in [2.75, 3.05) is 6.54 Å². The molecule has 2 aromatic heterocycles. The molecular formula is C23H23ClFN7O3. The Labute approximate surface area is 204 Å². The van der Waals surface area contributed by atoms with E-state index in [0.29, 0.717) is 24.8 Å². The topological polar surface area (TPSA) is 144 Å². The molecule has 3 amide bonds. The second kappa shape index (κ2) is 9.79. The largest absolute Gasteiger partial charge is 0.369 e. The van der Waals surface area contributed by atoms with Crippen LogP contribution in [0.4, 0.5) is 4.39 Å². The van der Waals surface area contributed by atoms with Crippen LogP contribution in [0.25, 0.3) is 5.78 Å². The third kappa shape index (κ3) is 5.29. The SMILES string of the molecule is CC1(C(N)=O)CC=C(CNC(=O)c2cc(C(=O)NCc3ccc(F)c(Cl)c3)nc3ncnn23)CC1. The summed E-state index contributed by atoms with van der Waals surface area (Å²) in [7, 11) is 0. The third-order valence-electron chi connectivity index (χ3n) is 6.06. The predicted octanol–water partition coefficient (Wildman–Crippen LogP) is 2.18. The first-order chi connectivity index (χ1) is 16.7. The number of benzene rings is 1. The second-order valence-electron chi connectivity index (χ2n) is 8.60. The van der Waals surface area contributed by atoms with Gasteiger partial charge in [0.05, 0.1) is 5.02 Å². The van der Waals surface area contributed by atoms with Crippen molar-refractivity contribution in [3.05, 3.63) is 70.0 Å². The van der Waals surface area contributed by atoms with E-state index < -0.39 is 23.0 Å². The molecule has 0 spiro atoms. The second-order valence-corrected chi connectivity index (χ2v) is 9.01.